The van der Waals surface area contributed by atoms with Gasteiger partial charge >= 0.3 is 0 Å². The molecule has 5 heteroatoms. The molecule has 21 heavy (non-hydrogen) atoms. The molecule has 2 aliphatic rings. The summed E-state index contributed by atoms with van der Waals surface area (Å²) >= 11 is 7.04. The molecule has 0 amide bonds. The van der Waals surface area contributed by atoms with Crippen LogP contribution >= 0.6 is 24.0 Å². The highest BCUT2D eigenvalue weighted by molar-refractivity contribution is 7.98. The van der Waals surface area contributed by atoms with E-state index in [0.717, 1.165) is 24.7 Å². The summed E-state index contributed by atoms with van der Waals surface area (Å²) in [6, 6.07) is 7.81. The Morgan fingerprint density at radius 3 is 2.76 bits per heavy atom. The van der Waals surface area contributed by atoms with Gasteiger partial charge < -0.3 is 10.6 Å². The highest BCUT2D eigenvalue weighted by Crippen LogP contribution is 2.34. The Morgan fingerprint density at radius 1 is 1.29 bits per heavy atom. The van der Waals surface area contributed by atoms with Crippen LogP contribution in [-0.4, -0.2) is 48.4 Å². The van der Waals surface area contributed by atoms with E-state index in [0.29, 0.717) is 11.0 Å². The summed E-state index contributed by atoms with van der Waals surface area (Å²) in [4.78, 5) is 6.76. The molecule has 2 N–H and O–H groups in total. The van der Waals surface area contributed by atoms with Crippen molar-refractivity contribution in [3.8, 4) is 0 Å². The van der Waals surface area contributed by atoms with Crippen molar-refractivity contribution in [1.82, 2.24) is 4.90 Å². The Kier molecular flexibility index (Phi) is 4.43. The smallest absolute Gasteiger partial charge is 0.107 e. The molecule has 2 unspecified atom stereocenters. The molecule has 1 aromatic carbocycles. The van der Waals surface area contributed by atoms with Crippen molar-refractivity contribution in [3.05, 3.63) is 23.8 Å². The molecular formula is C16H23N3S2. The van der Waals surface area contributed by atoms with Gasteiger partial charge in [-0.25, -0.2) is 0 Å². The zero-order valence-corrected chi connectivity index (χ0v) is 14.3. The summed E-state index contributed by atoms with van der Waals surface area (Å²) in [5.74, 6) is 0. The number of hydrogen-bond donors (Lipinski definition) is 1. The van der Waals surface area contributed by atoms with E-state index in [2.05, 4.69) is 41.3 Å². The van der Waals surface area contributed by atoms with Crippen LogP contribution in [0.15, 0.2) is 23.1 Å². The number of nitrogens with zero attached hydrogens (tertiary/aromatic N) is 2. The summed E-state index contributed by atoms with van der Waals surface area (Å²) in [6.07, 6.45) is 5.97. The standard InChI is InChI=1S/C16H23N3S2/c1-18-11-6-7-12(18)10-19(9-8-11)13-4-3-5-14(21-2)15(13)16(17)20/h3-5,11-12H,6-10H2,1-2H3,(H2,17,20). The molecule has 2 fully saturated rings. The summed E-state index contributed by atoms with van der Waals surface area (Å²) in [5, 5.41) is 0. The first-order chi connectivity index (χ1) is 10.1. The van der Waals surface area contributed by atoms with Crippen molar-refractivity contribution in [1.29, 1.82) is 0 Å². The number of likely N-dealkylation sites (N-methyl/N-ethyl adjacent to an activating group) is 1. The Hall–Kier alpha value is -0.780. The van der Waals surface area contributed by atoms with Crippen LogP contribution in [0.1, 0.15) is 24.8 Å². The van der Waals surface area contributed by atoms with Crippen LogP contribution in [0.3, 0.4) is 0 Å². The van der Waals surface area contributed by atoms with E-state index in [4.69, 9.17) is 18.0 Å². The lowest BCUT2D eigenvalue weighted by Gasteiger charge is -2.30. The van der Waals surface area contributed by atoms with Gasteiger partial charge in [0.15, 0.2) is 0 Å². The van der Waals surface area contributed by atoms with Crippen molar-refractivity contribution in [2.45, 2.75) is 36.2 Å². The van der Waals surface area contributed by atoms with Crippen molar-refractivity contribution >= 4 is 34.7 Å². The molecule has 3 nitrogen and oxygen atoms in total. The SMILES string of the molecule is CSc1cccc(N2CCC3CCC(C2)N3C)c1C(N)=S. The van der Waals surface area contributed by atoms with E-state index in [1.807, 2.05) is 0 Å². The summed E-state index contributed by atoms with van der Waals surface area (Å²) in [5.41, 5.74) is 8.29. The monoisotopic (exact) mass is 321 g/mol. The first kappa shape index (κ1) is 15.1. The Morgan fingerprint density at radius 2 is 2.05 bits per heavy atom. The van der Waals surface area contributed by atoms with Gasteiger partial charge in [0.2, 0.25) is 0 Å². The zero-order chi connectivity index (χ0) is 15.0. The lowest BCUT2D eigenvalue weighted by atomic mass is 10.1. The fourth-order valence-electron chi connectivity index (χ4n) is 3.73. The number of anilines is 1. The zero-order valence-electron chi connectivity index (χ0n) is 12.7. The maximum atomic E-state index is 6.02. The number of thiocarbonyl (C=S) groups is 1. The number of benzene rings is 1. The third kappa shape index (κ3) is 2.79. The van der Waals surface area contributed by atoms with Crippen LogP contribution in [-0.2, 0) is 0 Å². The Balaban J connectivity index is 1.95. The van der Waals surface area contributed by atoms with Gasteiger partial charge in [0.05, 0.1) is 0 Å². The average molecular weight is 322 g/mol. The molecule has 0 aromatic heterocycles. The molecule has 2 heterocycles. The van der Waals surface area contributed by atoms with E-state index in [1.54, 1.807) is 11.8 Å². The molecule has 0 spiro atoms. The second-order valence-electron chi connectivity index (χ2n) is 6.00. The quantitative estimate of drug-likeness (QED) is 0.684. The number of rotatable bonds is 3. The van der Waals surface area contributed by atoms with E-state index in [-0.39, 0.29) is 0 Å². The second-order valence-corrected chi connectivity index (χ2v) is 7.29. The minimum absolute atomic E-state index is 0.512. The van der Waals surface area contributed by atoms with Gasteiger partial charge in [0, 0.05) is 41.3 Å². The molecule has 1 aromatic rings. The summed E-state index contributed by atoms with van der Waals surface area (Å²) in [7, 11) is 2.28. The Labute approximate surface area is 136 Å². The predicted octanol–water partition coefficient (Wildman–Crippen LogP) is 2.72. The average Bonchev–Trinajstić information content (AvgIpc) is 2.71. The van der Waals surface area contributed by atoms with Crippen LogP contribution < -0.4 is 10.6 Å². The van der Waals surface area contributed by atoms with Gasteiger partial charge in [-0.15, -0.1) is 11.8 Å². The van der Waals surface area contributed by atoms with Crippen LogP contribution in [0.5, 0.6) is 0 Å². The summed E-state index contributed by atoms with van der Waals surface area (Å²) < 4.78 is 0. The van der Waals surface area contributed by atoms with E-state index >= 15 is 0 Å². The molecule has 2 aliphatic heterocycles. The molecule has 2 bridgehead atoms. The predicted molar refractivity (Wildman–Crippen MR) is 95.5 cm³/mol. The maximum absolute atomic E-state index is 6.02. The van der Waals surface area contributed by atoms with Crippen LogP contribution in [0.25, 0.3) is 0 Å². The highest BCUT2D eigenvalue weighted by atomic mass is 32.2. The molecule has 2 atom stereocenters. The van der Waals surface area contributed by atoms with Gasteiger partial charge in [-0.1, -0.05) is 18.3 Å². The first-order valence-electron chi connectivity index (χ1n) is 7.55. The third-order valence-electron chi connectivity index (χ3n) is 4.96. The van der Waals surface area contributed by atoms with Crippen molar-refractivity contribution in [2.24, 2.45) is 5.73 Å². The molecule has 0 aliphatic carbocycles. The number of hydrogen-bond acceptors (Lipinski definition) is 4. The fourth-order valence-corrected chi connectivity index (χ4v) is 4.64. The lowest BCUT2D eigenvalue weighted by Crippen LogP contribution is -2.37. The van der Waals surface area contributed by atoms with Crippen LogP contribution in [0.2, 0.25) is 0 Å². The molecule has 3 rings (SSSR count). The molecule has 114 valence electrons. The summed E-state index contributed by atoms with van der Waals surface area (Å²) in [6.45, 7) is 2.18. The van der Waals surface area contributed by atoms with E-state index in [9.17, 15) is 0 Å². The van der Waals surface area contributed by atoms with Crippen molar-refractivity contribution < 1.29 is 0 Å². The molecule has 0 radical (unpaired) electrons. The lowest BCUT2D eigenvalue weighted by molar-refractivity contribution is 0.254. The van der Waals surface area contributed by atoms with Crippen LogP contribution in [0, 0.1) is 0 Å². The number of nitrogens with two attached hydrogens (primary N) is 1. The molecular weight excluding hydrogens is 298 g/mol. The topological polar surface area (TPSA) is 32.5 Å². The van der Waals surface area contributed by atoms with Gasteiger partial charge in [-0.2, -0.15) is 0 Å². The normalized spacial score (nSPS) is 25.9. The maximum Gasteiger partial charge on any atom is 0.107 e. The fraction of sp³-hybridized carbons (Fsp3) is 0.562. The molecule has 0 saturated carbocycles. The van der Waals surface area contributed by atoms with Gasteiger partial charge in [-0.05, 0) is 44.7 Å². The largest absolute Gasteiger partial charge is 0.389 e. The van der Waals surface area contributed by atoms with Crippen molar-refractivity contribution in [2.75, 3.05) is 31.3 Å². The number of fused-ring (bicyclic) bond motifs is 2. The van der Waals surface area contributed by atoms with Gasteiger partial charge in [0.1, 0.15) is 4.99 Å². The van der Waals surface area contributed by atoms with E-state index in [1.165, 1.54) is 29.8 Å². The second kappa shape index (κ2) is 6.15. The minimum atomic E-state index is 0.512. The van der Waals surface area contributed by atoms with Crippen molar-refractivity contribution in [3.63, 3.8) is 0 Å². The van der Waals surface area contributed by atoms with E-state index < -0.39 is 0 Å². The van der Waals surface area contributed by atoms with Gasteiger partial charge in [-0.3, -0.25) is 4.90 Å². The minimum Gasteiger partial charge on any atom is -0.389 e. The van der Waals surface area contributed by atoms with Gasteiger partial charge in [0.25, 0.3) is 0 Å². The third-order valence-corrected chi connectivity index (χ3v) is 5.94. The first-order valence-corrected chi connectivity index (χ1v) is 9.18. The van der Waals surface area contributed by atoms with Crippen LogP contribution in [0.4, 0.5) is 5.69 Å². The highest BCUT2D eigenvalue weighted by Gasteiger charge is 2.35. The molecule has 2 saturated heterocycles. The Bertz CT molecular complexity index is 546. The number of thioether (sulfide) groups is 1.